The van der Waals surface area contributed by atoms with E-state index >= 15 is 0 Å². The Kier molecular flexibility index (Phi) is 5.49. The second-order valence-corrected chi connectivity index (χ2v) is 7.29. The maximum atomic E-state index is 11.2. The standard InChI is InChI=1S/C9H13Br2NO3S/c1-2-16(13,14)4-3-12-6-7-5-8(10)9(11)15-7/h5,12H,2-4,6H2,1H3. The van der Waals surface area contributed by atoms with Crippen molar-refractivity contribution in [1.82, 2.24) is 5.32 Å². The highest BCUT2D eigenvalue weighted by Crippen LogP contribution is 2.26. The Balaban J connectivity index is 2.31. The number of hydrogen-bond donors (Lipinski definition) is 1. The Labute approximate surface area is 112 Å². The van der Waals surface area contributed by atoms with Crippen LogP contribution in [0.15, 0.2) is 19.6 Å². The predicted molar refractivity (Wildman–Crippen MR) is 70.1 cm³/mol. The topological polar surface area (TPSA) is 59.3 Å². The van der Waals surface area contributed by atoms with Gasteiger partial charge in [0.25, 0.3) is 0 Å². The lowest BCUT2D eigenvalue weighted by atomic mass is 10.4. The lowest BCUT2D eigenvalue weighted by Crippen LogP contribution is -2.23. The van der Waals surface area contributed by atoms with E-state index in [1.165, 1.54) is 0 Å². The third-order valence-corrected chi connectivity index (χ3v) is 5.44. The number of furan rings is 1. The van der Waals surface area contributed by atoms with Crippen LogP contribution in [0.25, 0.3) is 0 Å². The number of sulfone groups is 1. The molecule has 1 aromatic heterocycles. The van der Waals surface area contributed by atoms with Gasteiger partial charge in [0.2, 0.25) is 0 Å². The van der Waals surface area contributed by atoms with Crippen molar-refractivity contribution in [3.05, 3.63) is 21.0 Å². The van der Waals surface area contributed by atoms with E-state index in [0.29, 0.717) is 17.8 Å². The van der Waals surface area contributed by atoms with Gasteiger partial charge in [0.05, 0.1) is 16.8 Å². The summed E-state index contributed by atoms with van der Waals surface area (Å²) >= 11 is 6.53. The summed E-state index contributed by atoms with van der Waals surface area (Å²) in [5.41, 5.74) is 0. The van der Waals surface area contributed by atoms with Crippen molar-refractivity contribution in [3.63, 3.8) is 0 Å². The van der Waals surface area contributed by atoms with Gasteiger partial charge in [-0.3, -0.25) is 0 Å². The van der Waals surface area contributed by atoms with Gasteiger partial charge in [-0.05, 0) is 37.9 Å². The molecular formula is C9H13Br2NO3S. The lowest BCUT2D eigenvalue weighted by molar-refractivity contribution is 0.468. The smallest absolute Gasteiger partial charge is 0.183 e. The number of nitrogens with one attached hydrogen (secondary N) is 1. The van der Waals surface area contributed by atoms with E-state index in [1.54, 1.807) is 6.92 Å². The fourth-order valence-electron chi connectivity index (χ4n) is 1.06. The predicted octanol–water partition coefficient (Wildman–Crippen LogP) is 2.33. The minimum Gasteiger partial charge on any atom is -0.452 e. The summed E-state index contributed by atoms with van der Waals surface area (Å²) in [7, 11) is -2.89. The first-order chi connectivity index (χ1) is 7.44. The van der Waals surface area contributed by atoms with Crippen LogP contribution in [0.4, 0.5) is 0 Å². The van der Waals surface area contributed by atoms with E-state index in [1.807, 2.05) is 6.07 Å². The van der Waals surface area contributed by atoms with Crippen LogP contribution in [0.5, 0.6) is 0 Å². The average molecular weight is 375 g/mol. The summed E-state index contributed by atoms with van der Waals surface area (Å²) in [5, 5.41) is 3.02. The molecule has 0 amide bonds. The van der Waals surface area contributed by atoms with Gasteiger partial charge in [-0.2, -0.15) is 0 Å². The maximum absolute atomic E-state index is 11.2. The van der Waals surface area contributed by atoms with Gasteiger partial charge in [-0.15, -0.1) is 0 Å². The number of rotatable bonds is 6. The third kappa shape index (κ3) is 4.57. The Hall–Kier alpha value is 0.150. The zero-order chi connectivity index (χ0) is 12.2. The quantitative estimate of drug-likeness (QED) is 0.776. The van der Waals surface area contributed by atoms with Crippen LogP contribution in [0.2, 0.25) is 0 Å². The molecule has 1 heterocycles. The molecule has 0 saturated carbocycles. The maximum Gasteiger partial charge on any atom is 0.183 e. The Morgan fingerprint density at radius 2 is 2.12 bits per heavy atom. The summed E-state index contributed by atoms with van der Waals surface area (Å²) in [4.78, 5) is 0. The molecule has 0 bridgehead atoms. The molecule has 16 heavy (non-hydrogen) atoms. The molecular weight excluding hydrogens is 362 g/mol. The van der Waals surface area contributed by atoms with Crippen molar-refractivity contribution in [3.8, 4) is 0 Å². The molecule has 1 N–H and O–H groups in total. The largest absolute Gasteiger partial charge is 0.452 e. The summed E-state index contributed by atoms with van der Waals surface area (Å²) in [6.45, 7) is 2.60. The van der Waals surface area contributed by atoms with Crippen LogP contribution in [-0.4, -0.2) is 26.5 Å². The van der Waals surface area contributed by atoms with Gasteiger partial charge < -0.3 is 9.73 Å². The van der Waals surface area contributed by atoms with Gasteiger partial charge in [-0.1, -0.05) is 6.92 Å². The molecule has 92 valence electrons. The highest BCUT2D eigenvalue weighted by molar-refractivity contribution is 9.13. The zero-order valence-electron chi connectivity index (χ0n) is 8.79. The highest BCUT2D eigenvalue weighted by Gasteiger charge is 2.08. The van der Waals surface area contributed by atoms with Gasteiger partial charge in [0.1, 0.15) is 5.76 Å². The molecule has 0 fully saturated rings. The SMILES string of the molecule is CCS(=O)(=O)CCNCc1cc(Br)c(Br)o1. The summed E-state index contributed by atoms with van der Waals surface area (Å²) in [6.07, 6.45) is 0. The number of halogens is 2. The van der Waals surface area contributed by atoms with E-state index in [-0.39, 0.29) is 11.5 Å². The van der Waals surface area contributed by atoms with Gasteiger partial charge in [-0.25, -0.2) is 8.42 Å². The van der Waals surface area contributed by atoms with Crippen LogP contribution < -0.4 is 5.32 Å². The first-order valence-corrected chi connectivity index (χ1v) is 8.20. The molecule has 7 heteroatoms. The van der Waals surface area contributed by atoms with Gasteiger partial charge >= 0.3 is 0 Å². The van der Waals surface area contributed by atoms with Crippen LogP contribution in [0.1, 0.15) is 12.7 Å². The fourth-order valence-corrected chi connectivity index (χ4v) is 2.46. The van der Waals surface area contributed by atoms with Gasteiger partial charge in [0, 0.05) is 12.3 Å². The van der Waals surface area contributed by atoms with Gasteiger partial charge in [0.15, 0.2) is 14.5 Å². The molecule has 4 nitrogen and oxygen atoms in total. The Morgan fingerprint density at radius 3 is 2.62 bits per heavy atom. The van der Waals surface area contributed by atoms with E-state index < -0.39 is 9.84 Å². The molecule has 0 atom stereocenters. The van der Waals surface area contributed by atoms with E-state index in [4.69, 9.17) is 4.42 Å². The Bertz CT molecular complexity index is 422. The van der Waals surface area contributed by atoms with Crippen LogP contribution in [-0.2, 0) is 16.4 Å². The third-order valence-electron chi connectivity index (χ3n) is 2.03. The van der Waals surface area contributed by atoms with Crippen molar-refractivity contribution in [1.29, 1.82) is 0 Å². The molecule has 0 aromatic carbocycles. The summed E-state index contributed by atoms with van der Waals surface area (Å²) < 4.78 is 29.2. The molecule has 0 aliphatic heterocycles. The van der Waals surface area contributed by atoms with Crippen LogP contribution in [0.3, 0.4) is 0 Å². The summed E-state index contributed by atoms with van der Waals surface area (Å²) in [5.74, 6) is 1.10. The van der Waals surface area contributed by atoms with Crippen molar-refractivity contribution in [2.45, 2.75) is 13.5 Å². The minimum atomic E-state index is -2.89. The first kappa shape index (κ1) is 14.2. The normalized spacial score (nSPS) is 11.9. The molecule has 0 aliphatic rings. The molecule has 0 aliphatic carbocycles. The zero-order valence-corrected chi connectivity index (χ0v) is 12.8. The van der Waals surface area contributed by atoms with Crippen molar-refractivity contribution >= 4 is 41.7 Å². The Morgan fingerprint density at radius 1 is 1.44 bits per heavy atom. The fraction of sp³-hybridized carbons (Fsp3) is 0.556. The summed E-state index contributed by atoms with van der Waals surface area (Å²) in [6, 6.07) is 1.84. The average Bonchev–Trinajstić information content (AvgIpc) is 2.54. The van der Waals surface area contributed by atoms with E-state index in [0.717, 1.165) is 10.2 Å². The highest BCUT2D eigenvalue weighted by atomic mass is 79.9. The monoisotopic (exact) mass is 373 g/mol. The molecule has 1 rings (SSSR count). The minimum absolute atomic E-state index is 0.159. The van der Waals surface area contributed by atoms with Crippen molar-refractivity contribution in [2.75, 3.05) is 18.1 Å². The van der Waals surface area contributed by atoms with E-state index in [2.05, 4.69) is 37.2 Å². The van der Waals surface area contributed by atoms with Crippen LogP contribution >= 0.6 is 31.9 Å². The van der Waals surface area contributed by atoms with E-state index in [9.17, 15) is 8.42 Å². The molecule has 0 saturated heterocycles. The molecule has 0 radical (unpaired) electrons. The number of hydrogen-bond acceptors (Lipinski definition) is 4. The lowest BCUT2D eigenvalue weighted by Gasteiger charge is -2.02. The molecule has 0 spiro atoms. The molecule has 0 unspecified atom stereocenters. The molecule has 1 aromatic rings. The second-order valence-electron chi connectivity index (χ2n) is 3.25. The van der Waals surface area contributed by atoms with Crippen LogP contribution in [0, 0.1) is 0 Å². The second kappa shape index (κ2) is 6.18. The van der Waals surface area contributed by atoms with Crippen molar-refractivity contribution < 1.29 is 12.8 Å². The van der Waals surface area contributed by atoms with Crippen molar-refractivity contribution in [2.24, 2.45) is 0 Å². The first-order valence-electron chi connectivity index (χ1n) is 4.79.